The number of morpholine rings is 1. The summed E-state index contributed by atoms with van der Waals surface area (Å²) in [7, 11) is -4.00. The number of piperazine rings is 1. The molecule has 1 aromatic heterocycles. The molecule has 0 amide bonds. The Morgan fingerprint density at radius 2 is 2.00 bits per heavy atom. The van der Waals surface area contributed by atoms with E-state index in [0.717, 1.165) is 12.4 Å². The highest BCUT2D eigenvalue weighted by molar-refractivity contribution is 7.96. The van der Waals surface area contributed by atoms with Gasteiger partial charge < -0.3 is 20.3 Å². The van der Waals surface area contributed by atoms with Gasteiger partial charge in [-0.1, -0.05) is 24.4 Å². The van der Waals surface area contributed by atoms with Crippen molar-refractivity contribution in [1.82, 2.24) is 24.5 Å². The Morgan fingerprint density at radius 1 is 1.28 bits per heavy atom. The maximum absolute atomic E-state index is 13.7. The SMILES string of the molecule is CC(O)(c1cnc([C@]2(CN3C4COCC3C(O)C4)CN(S(=O)(=O)C3=CC=CCC3=S)CCN2)nc1)C(F)(F)F. The fourth-order valence-corrected chi connectivity index (χ4v) is 7.69. The second-order valence-electron chi connectivity index (χ2n) is 10.5. The smallest absolute Gasteiger partial charge is 0.391 e. The predicted molar refractivity (Wildman–Crippen MR) is 138 cm³/mol. The lowest BCUT2D eigenvalue weighted by Crippen LogP contribution is -2.66. The van der Waals surface area contributed by atoms with Crippen LogP contribution in [0, 0.1) is 0 Å². The number of ether oxygens (including phenoxy) is 1. The summed E-state index contributed by atoms with van der Waals surface area (Å²) in [6, 6.07) is -0.466. The van der Waals surface area contributed by atoms with Gasteiger partial charge in [0.2, 0.25) is 10.0 Å². The second-order valence-corrected chi connectivity index (χ2v) is 12.9. The van der Waals surface area contributed by atoms with Crippen molar-refractivity contribution in [3.8, 4) is 0 Å². The molecule has 3 N–H and O–H groups in total. The lowest BCUT2D eigenvalue weighted by molar-refractivity contribution is -0.259. The van der Waals surface area contributed by atoms with E-state index >= 15 is 0 Å². The monoisotopic (exact) mass is 589 g/mol. The molecule has 214 valence electrons. The zero-order valence-electron chi connectivity index (χ0n) is 21.1. The molecule has 1 aliphatic carbocycles. The lowest BCUT2D eigenvalue weighted by atomic mass is 9.93. The van der Waals surface area contributed by atoms with Crippen molar-refractivity contribution >= 4 is 27.1 Å². The summed E-state index contributed by atoms with van der Waals surface area (Å²) in [6.45, 7) is 1.69. The molecule has 0 aromatic carbocycles. The van der Waals surface area contributed by atoms with Crippen LogP contribution in [0.2, 0.25) is 0 Å². The first kappa shape index (κ1) is 28.7. The van der Waals surface area contributed by atoms with Gasteiger partial charge in [0.15, 0.2) is 11.4 Å². The Kier molecular flexibility index (Phi) is 7.50. The number of nitrogens with one attached hydrogen (secondary N) is 1. The first-order valence-electron chi connectivity index (χ1n) is 12.6. The molecule has 15 heteroatoms. The van der Waals surface area contributed by atoms with E-state index in [4.69, 9.17) is 17.0 Å². The number of halogens is 3. The molecule has 4 heterocycles. The minimum absolute atomic E-state index is 0.0372. The van der Waals surface area contributed by atoms with Gasteiger partial charge in [0.25, 0.3) is 0 Å². The van der Waals surface area contributed by atoms with Gasteiger partial charge in [-0.25, -0.2) is 18.4 Å². The van der Waals surface area contributed by atoms with Gasteiger partial charge >= 0.3 is 6.18 Å². The van der Waals surface area contributed by atoms with Gasteiger partial charge in [0.05, 0.1) is 30.3 Å². The van der Waals surface area contributed by atoms with E-state index in [1.54, 1.807) is 12.2 Å². The summed E-state index contributed by atoms with van der Waals surface area (Å²) in [4.78, 5) is 10.8. The molecule has 3 saturated heterocycles. The molecule has 3 fully saturated rings. The van der Waals surface area contributed by atoms with Crippen LogP contribution in [0.3, 0.4) is 0 Å². The number of rotatable bonds is 6. The third kappa shape index (κ3) is 5.07. The van der Waals surface area contributed by atoms with Crippen LogP contribution in [-0.2, 0) is 25.9 Å². The van der Waals surface area contributed by atoms with Crippen LogP contribution >= 0.6 is 12.2 Å². The number of thiocarbonyl (C=S) groups is 1. The van der Waals surface area contributed by atoms with Crippen molar-refractivity contribution in [1.29, 1.82) is 0 Å². The molecule has 0 spiro atoms. The highest BCUT2D eigenvalue weighted by Crippen LogP contribution is 2.39. The number of allylic oxidation sites excluding steroid dienone is 4. The summed E-state index contributed by atoms with van der Waals surface area (Å²) in [5.74, 6) is 0.0737. The summed E-state index contributed by atoms with van der Waals surface area (Å²) < 4.78 is 74.6. The third-order valence-electron chi connectivity index (χ3n) is 7.95. The van der Waals surface area contributed by atoms with Crippen LogP contribution in [0.25, 0.3) is 0 Å². The van der Waals surface area contributed by atoms with E-state index in [2.05, 4.69) is 15.3 Å². The van der Waals surface area contributed by atoms with Gasteiger partial charge in [-0.15, -0.1) is 0 Å². The normalized spacial score (nSPS) is 32.2. The van der Waals surface area contributed by atoms with E-state index in [-0.39, 0.29) is 55.6 Å². The van der Waals surface area contributed by atoms with Gasteiger partial charge in [0, 0.05) is 61.5 Å². The first-order valence-corrected chi connectivity index (χ1v) is 14.4. The molecule has 0 radical (unpaired) electrons. The number of fused-ring (bicyclic) bond motifs is 2. The zero-order valence-corrected chi connectivity index (χ0v) is 22.8. The Hall–Kier alpha value is -1.85. The van der Waals surface area contributed by atoms with Crippen LogP contribution < -0.4 is 5.32 Å². The maximum Gasteiger partial charge on any atom is 0.421 e. The molecule has 5 atom stereocenters. The van der Waals surface area contributed by atoms with Crippen molar-refractivity contribution in [2.45, 2.75) is 55.3 Å². The molecule has 10 nitrogen and oxygen atoms in total. The molecule has 1 aromatic rings. The zero-order chi connectivity index (χ0) is 28.2. The van der Waals surface area contributed by atoms with Crippen LogP contribution in [0.15, 0.2) is 35.5 Å². The van der Waals surface area contributed by atoms with Gasteiger partial charge in [-0.2, -0.15) is 17.5 Å². The Bertz CT molecular complexity index is 1290. The van der Waals surface area contributed by atoms with Crippen LogP contribution in [0.5, 0.6) is 0 Å². The van der Waals surface area contributed by atoms with E-state index in [9.17, 15) is 31.8 Å². The van der Waals surface area contributed by atoms with Gasteiger partial charge in [-0.3, -0.25) is 4.90 Å². The highest BCUT2D eigenvalue weighted by atomic mass is 32.2. The van der Waals surface area contributed by atoms with Crippen LogP contribution in [0.4, 0.5) is 13.2 Å². The molecule has 5 rings (SSSR count). The molecule has 2 bridgehead atoms. The topological polar surface area (TPSA) is 128 Å². The minimum atomic E-state index is -4.95. The predicted octanol–water partition coefficient (Wildman–Crippen LogP) is 0.724. The van der Waals surface area contributed by atoms with Crippen LogP contribution in [0.1, 0.15) is 31.2 Å². The van der Waals surface area contributed by atoms with Gasteiger partial charge in [-0.05, 0) is 19.4 Å². The highest BCUT2D eigenvalue weighted by Gasteiger charge is 2.53. The number of aliphatic hydroxyl groups excluding tert-OH is 1. The third-order valence-corrected chi connectivity index (χ3v) is 10.4. The average Bonchev–Trinajstić information content (AvgIpc) is 3.04. The number of sulfonamides is 1. The number of aromatic nitrogens is 2. The van der Waals surface area contributed by atoms with Crippen molar-refractivity contribution in [3.63, 3.8) is 0 Å². The van der Waals surface area contributed by atoms with E-state index < -0.39 is 39.0 Å². The van der Waals surface area contributed by atoms with Gasteiger partial charge in [0.1, 0.15) is 5.54 Å². The molecule has 4 unspecified atom stereocenters. The second kappa shape index (κ2) is 10.2. The van der Waals surface area contributed by atoms with E-state index in [1.165, 1.54) is 10.4 Å². The molecule has 3 aliphatic heterocycles. The first-order chi connectivity index (χ1) is 18.3. The minimum Gasteiger partial charge on any atom is -0.391 e. The Labute approximate surface area is 229 Å². The fourth-order valence-electron chi connectivity index (χ4n) is 5.59. The lowest BCUT2D eigenvalue weighted by Gasteiger charge is -2.47. The van der Waals surface area contributed by atoms with E-state index in [0.29, 0.717) is 31.2 Å². The van der Waals surface area contributed by atoms with Crippen molar-refractivity contribution in [2.75, 3.05) is 39.4 Å². The molecular weight excluding hydrogens is 559 g/mol. The summed E-state index contributed by atoms with van der Waals surface area (Å²) >= 11 is 5.33. The average molecular weight is 590 g/mol. The maximum atomic E-state index is 13.7. The Morgan fingerprint density at radius 3 is 2.64 bits per heavy atom. The van der Waals surface area contributed by atoms with E-state index in [1.807, 2.05) is 4.90 Å². The number of hydrogen-bond donors (Lipinski definition) is 3. The number of alkyl halides is 3. The van der Waals surface area contributed by atoms with Crippen molar-refractivity contribution in [3.05, 3.63) is 46.9 Å². The summed E-state index contributed by atoms with van der Waals surface area (Å²) in [5, 5.41) is 24.0. The Balaban J connectivity index is 1.53. The quantitative estimate of drug-likeness (QED) is 0.409. The summed E-state index contributed by atoms with van der Waals surface area (Å²) in [5.41, 5.74) is -4.95. The standard InChI is InChI=1S/C24H30F3N5O5S2/c1-22(34,24(25,26)27)15-9-28-21(29-10-15)23(14-32-16-8-18(33)17(32)12-37-11-16)13-31(7-6-30-23)39(35,36)20-5-3-2-4-19(20)38/h2-3,5,9-10,16-18,30,33-34H,4,6-8,11-14H2,1H3/t16?,17?,18?,22?,23-/m1/s1. The largest absolute Gasteiger partial charge is 0.421 e. The van der Waals surface area contributed by atoms with Crippen molar-refractivity contribution < 1.29 is 36.5 Å². The number of nitrogens with zero attached hydrogens (tertiary/aromatic N) is 4. The molecule has 4 aliphatic rings. The number of hydrogen-bond acceptors (Lipinski definition) is 10. The van der Waals surface area contributed by atoms with Crippen LogP contribution in [-0.4, -0.2) is 106 Å². The molecular formula is C24H30F3N5O5S2. The molecule has 39 heavy (non-hydrogen) atoms. The summed E-state index contributed by atoms with van der Waals surface area (Å²) in [6.07, 6.45) is 1.92. The molecule has 0 saturated carbocycles. The van der Waals surface area contributed by atoms with Crippen molar-refractivity contribution in [2.24, 2.45) is 0 Å². The fraction of sp³-hybridized carbons (Fsp3) is 0.625. The number of aliphatic hydroxyl groups is 2.